The molecule has 1 unspecified atom stereocenters. The van der Waals surface area contributed by atoms with Crippen LogP contribution >= 0.6 is 0 Å². The number of benzene rings is 2. The van der Waals surface area contributed by atoms with Crippen molar-refractivity contribution in [2.75, 3.05) is 17.0 Å². The van der Waals surface area contributed by atoms with Gasteiger partial charge in [0.15, 0.2) is 17.5 Å². The molecule has 0 radical (unpaired) electrons. The number of rotatable bonds is 5. The molecule has 14 heteroatoms. The lowest BCUT2D eigenvalue weighted by molar-refractivity contribution is -0.143. The third-order valence-corrected chi connectivity index (χ3v) is 6.84. The summed E-state index contributed by atoms with van der Waals surface area (Å²) in [5, 5.41) is 11.1. The van der Waals surface area contributed by atoms with Gasteiger partial charge in [-0.2, -0.15) is 13.2 Å². The first-order valence-corrected chi connectivity index (χ1v) is 11.9. The van der Waals surface area contributed by atoms with E-state index < -0.39 is 46.5 Å². The molecule has 0 saturated carbocycles. The minimum atomic E-state index is -5.06. The zero-order valence-corrected chi connectivity index (χ0v) is 20.6. The number of carboxylic acids is 1. The van der Waals surface area contributed by atoms with Gasteiger partial charge in [-0.05, 0) is 35.9 Å². The summed E-state index contributed by atoms with van der Waals surface area (Å²) in [7, 11) is 1.40. The molecule has 2 aliphatic rings. The second-order valence-corrected chi connectivity index (χ2v) is 9.28. The third-order valence-electron chi connectivity index (χ3n) is 6.84. The molecule has 1 atom stereocenters. The van der Waals surface area contributed by atoms with E-state index in [1.165, 1.54) is 13.1 Å². The minimum absolute atomic E-state index is 0.0547. The normalized spacial score (nSPS) is 14.9. The molecule has 0 saturated heterocycles. The molecule has 206 valence electrons. The standard InChI is InChI=1S/C26H19F4N5O5/c1-34-23(36)16-8-13(27)7-15(21(26(28,29)30)33-22-14(24(37)38)3-2-6-31-22)19(16)32-25(34)35-9-12-4-5-18-20(17(12)10-35)40-11-39-18/h2-8,21H,9-11H2,1H3,(H,31,33)(H,37,38). The van der Waals surface area contributed by atoms with Crippen LogP contribution in [0, 0.1) is 5.82 Å². The molecule has 2 aromatic carbocycles. The van der Waals surface area contributed by atoms with Crippen molar-refractivity contribution < 1.29 is 36.9 Å². The molecule has 0 amide bonds. The Balaban J connectivity index is 1.50. The molecule has 40 heavy (non-hydrogen) atoms. The van der Waals surface area contributed by atoms with E-state index in [9.17, 15) is 32.3 Å². The molecule has 4 aromatic rings. The van der Waals surface area contributed by atoms with Gasteiger partial charge in [0.1, 0.15) is 17.2 Å². The van der Waals surface area contributed by atoms with Gasteiger partial charge in [0.25, 0.3) is 5.56 Å². The lowest BCUT2D eigenvalue weighted by Crippen LogP contribution is -2.32. The molecular weight excluding hydrogens is 538 g/mol. The Bertz CT molecular complexity index is 1760. The number of aromatic nitrogens is 3. The van der Waals surface area contributed by atoms with Crippen LogP contribution in [0.15, 0.2) is 47.4 Å². The summed E-state index contributed by atoms with van der Waals surface area (Å²) >= 11 is 0. The van der Waals surface area contributed by atoms with E-state index in [-0.39, 0.29) is 36.7 Å². The predicted octanol–water partition coefficient (Wildman–Crippen LogP) is 4.13. The van der Waals surface area contributed by atoms with E-state index >= 15 is 0 Å². The topological polar surface area (TPSA) is 119 Å². The van der Waals surface area contributed by atoms with Crippen LogP contribution in [0.4, 0.5) is 29.3 Å². The molecule has 10 nitrogen and oxygen atoms in total. The van der Waals surface area contributed by atoms with Gasteiger partial charge < -0.3 is 24.8 Å². The second-order valence-electron chi connectivity index (χ2n) is 9.28. The summed E-state index contributed by atoms with van der Waals surface area (Å²) < 4.78 is 70.2. The number of alkyl halides is 3. The van der Waals surface area contributed by atoms with Crippen LogP contribution in [0.3, 0.4) is 0 Å². The molecule has 0 fully saturated rings. The summed E-state index contributed by atoms with van der Waals surface area (Å²) in [5.74, 6) is -2.01. The fraction of sp³-hybridized carbons (Fsp3) is 0.231. The molecule has 0 spiro atoms. The first kappa shape index (κ1) is 25.4. The maximum atomic E-state index is 14.7. The van der Waals surface area contributed by atoms with Crippen molar-refractivity contribution in [1.29, 1.82) is 0 Å². The number of nitrogens with one attached hydrogen (secondary N) is 1. The summed E-state index contributed by atoms with van der Waals surface area (Å²) in [6.45, 7) is 0.575. The molecule has 2 N–H and O–H groups in total. The number of hydrogen-bond donors (Lipinski definition) is 2. The van der Waals surface area contributed by atoms with Crippen LogP contribution in [0.25, 0.3) is 10.9 Å². The number of carboxylic acid groups (broad SMARTS) is 1. The highest BCUT2D eigenvalue weighted by atomic mass is 19.4. The largest absolute Gasteiger partial charge is 0.478 e. The van der Waals surface area contributed by atoms with Crippen molar-refractivity contribution in [3.63, 3.8) is 0 Å². The van der Waals surface area contributed by atoms with Gasteiger partial charge in [0, 0.05) is 30.9 Å². The number of anilines is 2. The van der Waals surface area contributed by atoms with Gasteiger partial charge in [-0.3, -0.25) is 9.36 Å². The first-order chi connectivity index (χ1) is 19.0. The second kappa shape index (κ2) is 9.10. The number of halogens is 4. The molecule has 0 bridgehead atoms. The number of pyridine rings is 1. The fourth-order valence-corrected chi connectivity index (χ4v) is 5.01. The van der Waals surface area contributed by atoms with Gasteiger partial charge >= 0.3 is 12.1 Å². The number of hydrogen-bond acceptors (Lipinski definition) is 8. The van der Waals surface area contributed by atoms with Crippen LogP contribution < -0.4 is 25.2 Å². The van der Waals surface area contributed by atoms with E-state index in [2.05, 4.69) is 15.3 Å². The number of carbonyl (C=O) groups is 1. The maximum Gasteiger partial charge on any atom is 0.412 e. The van der Waals surface area contributed by atoms with Gasteiger partial charge in [0.2, 0.25) is 12.7 Å². The quantitative estimate of drug-likeness (QED) is 0.349. The van der Waals surface area contributed by atoms with E-state index in [1.54, 1.807) is 11.0 Å². The zero-order chi connectivity index (χ0) is 28.3. The van der Waals surface area contributed by atoms with Crippen LogP contribution in [-0.4, -0.2) is 38.6 Å². The Morgan fingerprint density at radius 1 is 1.18 bits per heavy atom. The molecule has 0 aliphatic carbocycles. The van der Waals surface area contributed by atoms with Gasteiger partial charge in [-0.1, -0.05) is 6.07 Å². The number of nitrogens with zero attached hydrogens (tertiary/aromatic N) is 4. The van der Waals surface area contributed by atoms with Crippen molar-refractivity contribution >= 4 is 28.6 Å². The van der Waals surface area contributed by atoms with Gasteiger partial charge in [-0.15, -0.1) is 0 Å². The van der Waals surface area contributed by atoms with E-state index in [1.807, 2.05) is 6.07 Å². The van der Waals surface area contributed by atoms with Crippen LogP contribution in [0.2, 0.25) is 0 Å². The summed E-state index contributed by atoms with van der Waals surface area (Å²) in [6, 6.07) is 4.73. The number of fused-ring (bicyclic) bond motifs is 4. The lowest BCUT2D eigenvalue weighted by atomic mass is 10.0. The summed E-state index contributed by atoms with van der Waals surface area (Å²) in [5.41, 5.74) is -0.693. The maximum absolute atomic E-state index is 14.7. The van der Waals surface area contributed by atoms with Crippen LogP contribution in [-0.2, 0) is 20.1 Å². The Labute approximate surface area is 222 Å². The summed E-state index contributed by atoms with van der Waals surface area (Å²) in [4.78, 5) is 34.8. The predicted molar refractivity (Wildman–Crippen MR) is 133 cm³/mol. The van der Waals surface area contributed by atoms with Crippen molar-refractivity contribution in [1.82, 2.24) is 14.5 Å². The van der Waals surface area contributed by atoms with Crippen LogP contribution in [0.5, 0.6) is 11.5 Å². The Morgan fingerprint density at radius 3 is 2.73 bits per heavy atom. The zero-order valence-electron chi connectivity index (χ0n) is 20.6. The average molecular weight is 557 g/mol. The summed E-state index contributed by atoms with van der Waals surface area (Å²) in [6.07, 6.45) is -3.94. The van der Waals surface area contributed by atoms with E-state index in [0.29, 0.717) is 17.6 Å². The molecule has 4 heterocycles. The molecule has 6 rings (SSSR count). The highest BCUT2D eigenvalue weighted by molar-refractivity contribution is 5.93. The highest BCUT2D eigenvalue weighted by Crippen LogP contribution is 2.43. The number of ether oxygens (including phenoxy) is 2. The van der Waals surface area contributed by atoms with Crippen molar-refractivity contribution in [2.45, 2.75) is 25.3 Å². The van der Waals surface area contributed by atoms with E-state index in [4.69, 9.17) is 9.47 Å². The molecular formula is C26H19F4N5O5. The lowest BCUT2D eigenvalue weighted by Gasteiger charge is -2.25. The van der Waals surface area contributed by atoms with Gasteiger partial charge in [0.05, 0.1) is 17.4 Å². The van der Waals surface area contributed by atoms with Crippen molar-refractivity contribution in [3.8, 4) is 11.5 Å². The average Bonchev–Trinajstić information content (AvgIpc) is 3.55. The Hall–Kier alpha value is -4.88. The third kappa shape index (κ3) is 4.12. The van der Waals surface area contributed by atoms with Crippen molar-refractivity contribution in [3.05, 3.63) is 81.0 Å². The SMILES string of the molecule is Cn1c(N2Cc3ccc4c(c3C2)OCO4)nc2c(C(Nc3ncccc3C(=O)O)C(F)(F)F)cc(F)cc2c1=O. The minimum Gasteiger partial charge on any atom is -0.478 e. The Morgan fingerprint density at radius 2 is 1.98 bits per heavy atom. The number of aromatic carboxylic acids is 1. The monoisotopic (exact) mass is 557 g/mol. The van der Waals surface area contributed by atoms with Crippen molar-refractivity contribution in [2.24, 2.45) is 7.05 Å². The highest BCUT2D eigenvalue weighted by Gasteiger charge is 2.43. The first-order valence-electron chi connectivity index (χ1n) is 11.9. The fourth-order valence-electron chi connectivity index (χ4n) is 5.01. The molecule has 2 aliphatic heterocycles. The van der Waals surface area contributed by atoms with E-state index in [0.717, 1.165) is 34.0 Å². The van der Waals surface area contributed by atoms with Gasteiger partial charge in [-0.25, -0.2) is 19.2 Å². The molecule has 2 aromatic heterocycles. The van der Waals surface area contributed by atoms with Crippen LogP contribution in [0.1, 0.15) is 33.1 Å². The Kier molecular flexibility index (Phi) is 5.78. The smallest absolute Gasteiger partial charge is 0.412 e.